The normalized spacial score (nSPS) is 10.6. The number of rotatable bonds is 6. The number of ether oxygens (including phenoxy) is 2. The number of benzene rings is 1. The number of carbonyl (C=O) groups excluding carboxylic acids is 1. The molecule has 2 aromatic heterocycles. The fourth-order valence-corrected chi connectivity index (χ4v) is 2.34. The Bertz CT molecular complexity index is 833. The van der Waals surface area contributed by atoms with E-state index in [0.717, 1.165) is 11.5 Å². The number of aromatic nitrogens is 4. The van der Waals surface area contributed by atoms with Gasteiger partial charge in [0, 0.05) is 18.5 Å². The molecule has 3 aromatic rings. The van der Waals surface area contributed by atoms with Crippen molar-refractivity contribution < 1.29 is 18.8 Å². The molecule has 2 heterocycles. The fraction of sp³-hybridized carbons (Fsp3) is 0.214. The van der Waals surface area contributed by atoms with Crippen molar-refractivity contribution in [1.82, 2.24) is 19.7 Å². The molecule has 0 saturated heterocycles. The molecule has 0 fully saturated rings. The molecule has 24 heavy (non-hydrogen) atoms. The van der Waals surface area contributed by atoms with Crippen molar-refractivity contribution >= 4 is 29.1 Å². The average Bonchev–Trinajstić information content (AvgIpc) is 3.19. The molecule has 0 atom stereocenters. The number of aryl methyl sites for hydroxylation is 1. The van der Waals surface area contributed by atoms with Gasteiger partial charge in [-0.15, -0.1) is 5.10 Å². The Morgan fingerprint density at radius 1 is 1.29 bits per heavy atom. The topological polar surface area (TPSA) is 100 Å². The van der Waals surface area contributed by atoms with Crippen LogP contribution in [0.3, 0.4) is 0 Å². The van der Waals surface area contributed by atoms with Crippen LogP contribution >= 0.6 is 23.1 Å². The zero-order chi connectivity index (χ0) is 16.9. The van der Waals surface area contributed by atoms with Gasteiger partial charge in [0.1, 0.15) is 22.4 Å². The molecule has 1 aromatic carbocycles. The van der Waals surface area contributed by atoms with Gasteiger partial charge in [0.2, 0.25) is 11.7 Å². The van der Waals surface area contributed by atoms with Gasteiger partial charge in [-0.25, -0.2) is 4.79 Å². The third-order valence-corrected chi connectivity index (χ3v) is 3.86. The third kappa shape index (κ3) is 4.06. The number of hydrogen-bond donors (Lipinski definition) is 0. The third-order valence-electron chi connectivity index (χ3n) is 2.88. The van der Waals surface area contributed by atoms with Crippen LogP contribution in [0.25, 0.3) is 0 Å². The lowest BCUT2D eigenvalue weighted by Crippen LogP contribution is -2.06. The van der Waals surface area contributed by atoms with Crippen LogP contribution in [0.4, 0.5) is 0 Å². The summed E-state index contributed by atoms with van der Waals surface area (Å²) in [4.78, 5) is 16.0. The molecule has 124 valence electrons. The van der Waals surface area contributed by atoms with E-state index in [9.17, 15) is 4.79 Å². The Labute approximate surface area is 145 Å². The van der Waals surface area contributed by atoms with Crippen molar-refractivity contribution in [2.75, 3.05) is 0 Å². The van der Waals surface area contributed by atoms with E-state index in [-0.39, 0.29) is 13.2 Å². The highest BCUT2D eigenvalue weighted by molar-refractivity contribution is 7.10. The molecule has 8 nitrogen and oxygen atoms in total. The van der Waals surface area contributed by atoms with Crippen LogP contribution in [-0.4, -0.2) is 25.7 Å². The summed E-state index contributed by atoms with van der Waals surface area (Å²) in [7, 11) is 0. The van der Waals surface area contributed by atoms with Crippen molar-refractivity contribution in [3.63, 3.8) is 0 Å². The SMILES string of the molecule is Cc1nc(COc2ccc(C(=O)OCc3nnsc3Cl)cc2)no1. The Balaban J connectivity index is 1.53. The summed E-state index contributed by atoms with van der Waals surface area (Å²) in [6.45, 7) is 1.85. The maximum Gasteiger partial charge on any atom is 0.338 e. The lowest BCUT2D eigenvalue weighted by molar-refractivity contribution is 0.0468. The molecule has 3 rings (SSSR count). The minimum atomic E-state index is -0.487. The highest BCUT2D eigenvalue weighted by Crippen LogP contribution is 2.19. The van der Waals surface area contributed by atoms with Crippen LogP contribution in [-0.2, 0) is 18.0 Å². The van der Waals surface area contributed by atoms with E-state index in [4.69, 9.17) is 25.6 Å². The zero-order valence-electron chi connectivity index (χ0n) is 12.4. The molecule has 0 amide bonds. The van der Waals surface area contributed by atoms with Crippen LogP contribution in [0.5, 0.6) is 5.75 Å². The minimum Gasteiger partial charge on any atom is -0.485 e. The van der Waals surface area contributed by atoms with E-state index in [0.29, 0.717) is 33.1 Å². The quantitative estimate of drug-likeness (QED) is 0.614. The second-order valence-electron chi connectivity index (χ2n) is 4.61. The van der Waals surface area contributed by atoms with E-state index < -0.39 is 5.97 Å². The first-order valence-electron chi connectivity index (χ1n) is 6.78. The predicted octanol–water partition coefficient (Wildman–Crippen LogP) is 2.82. The van der Waals surface area contributed by atoms with Gasteiger partial charge in [0.25, 0.3) is 0 Å². The molecule has 0 radical (unpaired) electrons. The van der Waals surface area contributed by atoms with E-state index in [1.807, 2.05) is 0 Å². The molecule has 0 bridgehead atoms. The Morgan fingerprint density at radius 3 is 2.71 bits per heavy atom. The lowest BCUT2D eigenvalue weighted by atomic mass is 10.2. The number of halogens is 1. The first-order chi connectivity index (χ1) is 11.6. The molecule has 0 N–H and O–H groups in total. The molecule has 0 saturated carbocycles. The van der Waals surface area contributed by atoms with Crippen LogP contribution in [0.1, 0.15) is 27.8 Å². The first-order valence-corrected chi connectivity index (χ1v) is 7.93. The van der Waals surface area contributed by atoms with Crippen LogP contribution in [0, 0.1) is 6.92 Å². The number of nitrogens with zero attached hydrogens (tertiary/aromatic N) is 4. The lowest BCUT2D eigenvalue weighted by Gasteiger charge is -2.05. The predicted molar refractivity (Wildman–Crippen MR) is 83.8 cm³/mol. The summed E-state index contributed by atoms with van der Waals surface area (Å²) < 4.78 is 19.6. The van der Waals surface area contributed by atoms with E-state index >= 15 is 0 Å². The van der Waals surface area contributed by atoms with Crippen molar-refractivity contribution in [2.24, 2.45) is 0 Å². The largest absolute Gasteiger partial charge is 0.485 e. The van der Waals surface area contributed by atoms with E-state index in [1.165, 1.54) is 0 Å². The fourth-order valence-electron chi connectivity index (χ4n) is 1.74. The van der Waals surface area contributed by atoms with Gasteiger partial charge in [-0.3, -0.25) is 0 Å². The highest BCUT2D eigenvalue weighted by Gasteiger charge is 2.11. The van der Waals surface area contributed by atoms with Crippen molar-refractivity contribution in [2.45, 2.75) is 20.1 Å². The van der Waals surface area contributed by atoms with Crippen molar-refractivity contribution in [1.29, 1.82) is 0 Å². The summed E-state index contributed by atoms with van der Waals surface area (Å²) in [6.07, 6.45) is 0. The van der Waals surface area contributed by atoms with Crippen LogP contribution in [0.15, 0.2) is 28.8 Å². The van der Waals surface area contributed by atoms with E-state index in [1.54, 1.807) is 31.2 Å². The molecule has 0 aliphatic rings. The Hall–Kier alpha value is -2.52. The maximum atomic E-state index is 12.0. The second kappa shape index (κ2) is 7.37. The first kappa shape index (κ1) is 16.3. The van der Waals surface area contributed by atoms with Crippen LogP contribution < -0.4 is 4.74 Å². The van der Waals surface area contributed by atoms with Crippen molar-refractivity contribution in [3.8, 4) is 5.75 Å². The number of carbonyl (C=O) groups is 1. The zero-order valence-corrected chi connectivity index (χ0v) is 14.0. The smallest absolute Gasteiger partial charge is 0.338 e. The molecule has 0 aliphatic carbocycles. The van der Waals surface area contributed by atoms with Crippen molar-refractivity contribution in [3.05, 3.63) is 51.6 Å². The van der Waals surface area contributed by atoms with Gasteiger partial charge in [-0.1, -0.05) is 21.2 Å². The van der Waals surface area contributed by atoms with Gasteiger partial charge >= 0.3 is 5.97 Å². The van der Waals surface area contributed by atoms with Gasteiger partial charge in [-0.05, 0) is 24.3 Å². The van der Waals surface area contributed by atoms with Gasteiger partial charge in [-0.2, -0.15) is 4.98 Å². The summed E-state index contributed by atoms with van der Waals surface area (Å²) in [5.41, 5.74) is 0.822. The van der Waals surface area contributed by atoms with Gasteiger partial charge in [0.15, 0.2) is 6.61 Å². The standard InChI is InChI=1S/C14H11ClN4O4S/c1-8-16-12(18-23-8)7-21-10-4-2-9(3-5-10)14(20)22-6-11-13(15)24-19-17-11/h2-5H,6-7H2,1H3. The molecule has 10 heteroatoms. The molecular formula is C14H11ClN4O4S. The molecule has 0 spiro atoms. The second-order valence-corrected chi connectivity index (χ2v) is 5.97. The summed E-state index contributed by atoms with van der Waals surface area (Å²) in [6, 6.07) is 6.50. The number of esters is 1. The molecule has 0 unspecified atom stereocenters. The van der Waals surface area contributed by atoms with Gasteiger partial charge in [0.05, 0.1) is 5.56 Å². The molecular weight excluding hydrogens is 356 g/mol. The van der Waals surface area contributed by atoms with Crippen LogP contribution in [0.2, 0.25) is 4.34 Å². The summed E-state index contributed by atoms with van der Waals surface area (Å²) in [5, 5.41) is 7.50. The monoisotopic (exact) mass is 366 g/mol. The average molecular weight is 367 g/mol. The Morgan fingerprint density at radius 2 is 2.08 bits per heavy atom. The van der Waals surface area contributed by atoms with Gasteiger partial charge < -0.3 is 14.0 Å². The minimum absolute atomic E-state index is 0.0242. The maximum absolute atomic E-state index is 12.0. The summed E-state index contributed by atoms with van der Waals surface area (Å²) in [5.74, 6) is 1.01. The number of hydrogen-bond acceptors (Lipinski definition) is 9. The van der Waals surface area contributed by atoms with E-state index in [2.05, 4.69) is 19.7 Å². The Kier molecular flexibility index (Phi) is 5.02. The highest BCUT2D eigenvalue weighted by atomic mass is 35.5. The molecule has 0 aliphatic heterocycles. The summed E-state index contributed by atoms with van der Waals surface area (Å²) >= 11 is 6.88.